The van der Waals surface area contributed by atoms with Crippen molar-refractivity contribution in [1.82, 2.24) is 5.32 Å². The number of nitrogens with one attached hydrogen (secondary N) is 1. The summed E-state index contributed by atoms with van der Waals surface area (Å²) in [6.07, 6.45) is 1.76. The molecule has 2 amide bonds. The minimum absolute atomic E-state index is 0.260. The van der Waals surface area contributed by atoms with Crippen LogP contribution in [-0.4, -0.2) is 11.8 Å². The molecule has 3 nitrogen and oxygen atoms in total. The molecule has 1 aliphatic heterocycles. The molecule has 2 aromatic carbocycles. The maximum Gasteiger partial charge on any atom is 0.259 e. The fraction of sp³-hybridized carbons (Fsp3) is 0.200. The predicted molar refractivity (Wildman–Crippen MR) is 69.7 cm³/mol. The lowest BCUT2D eigenvalue weighted by Gasteiger charge is -2.08. The fourth-order valence-corrected chi connectivity index (χ4v) is 2.60. The molecule has 0 atom stereocenters. The summed E-state index contributed by atoms with van der Waals surface area (Å²) in [6, 6.07) is 9.72. The summed E-state index contributed by atoms with van der Waals surface area (Å²) in [7, 11) is 0. The van der Waals surface area contributed by atoms with E-state index in [9.17, 15) is 9.59 Å². The summed E-state index contributed by atoms with van der Waals surface area (Å²) >= 11 is 0. The van der Waals surface area contributed by atoms with Crippen LogP contribution in [0.4, 0.5) is 0 Å². The van der Waals surface area contributed by atoms with Crippen molar-refractivity contribution in [2.24, 2.45) is 0 Å². The zero-order valence-corrected chi connectivity index (χ0v) is 10.1. The van der Waals surface area contributed by atoms with Gasteiger partial charge in [-0.15, -0.1) is 0 Å². The van der Waals surface area contributed by atoms with E-state index in [1.54, 1.807) is 0 Å². The molecule has 3 heteroatoms. The second kappa shape index (κ2) is 3.95. The second-order valence-corrected chi connectivity index (χ2v) is 4.54. The van der Waals surface area contributed by atoms with E-state index in [4.69, 9.17) is 0 Å². The first-order chi connectivity index (χ1) is 8.72. The average molecular weight is 239 g/mol. The van der Waals surface area contributed by atoms with Crippen molar-refractivity contribution in [3.8, 4) is 0 Å². The normalized spacial score (nSPS) is 13.8. The zero-order chi connectivity index (χ0) is 12.7. The monoisotopic (exact) mass is 239 g/mol. The minimum atomic E-state index is -0.274. The highest BCUT2D eigenvalue weighted by molar-refractivity contribution is 6.27. The van der Waals surface area contributed by atoms with Gasteiger partial charge < -0.3 is 0 Å². The van der Waals surface area contributed by atoms with Gasteiger partial charge in [0.1, 0.15) is 0 Å². The zero-order valence-electron chi connectivity index (χ0n) is 10.1. The van der Waals surface area contributed by atoms with Gasteiger partial charge in [-0.25, -0.2) is 0 Å². The van der Waals surface area contributed by atoms with E-state index in [0.717, 1.165) is 29.2 Å². The third kappa shape index (κ3) is 1.44. The Morgan fingerprint density at radius 1 is 1.06 bits per heavy atom. The predicted octanol–water partition coefficient (Wildman–Crippen LogP) is 2.68. The van der Waals surface area contributed by atoms with Crippen molar-refractivity contribution in [3.05, 3.63) is 47.0 Å². The van der Waals surface area contributed by atoms with Crippen LogP contribution in [0.5, 0.6) is 0 Å². The Bertz CT molecular complexity index is 673. The maximum absolute atomic E-state index is 11.9. The Balaban J connectivity index is 2.41. The van der Waals surface area contributed by atoms with Crippen molar-refractivity contribution in [2.45, 2.75) is 19.8 Å². The van der Waals surface area contributed by atoms with Crippen LogP contribution < -0.4 is 5.32 Å². The molecule has 0 saturated heterocycles. The van der Waals surface area contributed by atoms with E-state index in [2.05, 4.69) is 12.2 Å². The minimum Gasteiger partial charge on any atom is -0.288 e. The molecule has 2 aromatic rings. The number of amides is 2. The van der Waals surface area contributed by atoms with Crippen LogP contribution in [0.3, 0.4) is 0 Å². The Labute approximate surface area is 105 Å². The number of aryl methyl sites for hydroxylation is 1. The molecule has 1 heterocycles. The quantitative estimate of drug-likeness (QED) is 0.819. The molecule has 0 unspecified atom stereocenters. The molecule has 0 saturated carbocycles. The lowest BCUT2D eigenvalue weighted by atomic mass is 9.93. The lowest BCUT2D eigenvalue weighted by Crippen LogP contribution is -2.20. The number of fused-ring (bicyclic) bond motifs is 3. The molecule has 0 bridgehead atoms. The highest BCUT2D eigenvalue weighted by Gasteiger charge is 2.31. The molecular weight excluding hydrogens is 226 g/mol. The second-order valence-electron chi connectivity index (χ2n) is 4.54. The maximum atomic E-state index is 11.9. The molecule has 0 spiro atoms. The van der Waals surface area contributed by atoms with Gasteiger partial charge in [0.25, 0.3) is 11.8 Å². The fourth-order valence-electron chi connectivity index (χ4n) is 2.60. The Morgan fingerprint density at radius 3 is 2.56 bits per heavy atom. The Kier molecular flexibility index (Phi) is 2.40. The number of carbonyl (C=O) groups is 2. The summed E-state index contributed by atoms with van der Waals surface area (Å²) in [4.78, 5) is 23.8. The molecule has 1 N–H and O–H groups in total. The summed E-state index contributed by atoms with van der Waals surface area (Å²) in [6.45, 7) is 2.07. The van der Waals surface area contributed by atoms with Gasteiger partial charge >= 0.3 is 0 Å². The molecule has 90 valence electrons. The van der Waals surface area contributed by atoms with E-state index in [0.29, 0.717) is 11.1 Å². The SMILES string of the molecule is CCCc1cc2ccccc2c2c1C(=O)NC2=O. The van der Waals surface area contributed by atoms with Crippen LogP contribution in [0, 0.1) is 0 Å². The van der Waals surface area contributed by atoms with Gasteiger partial charge in [-0.05, 0) is 22.8 Å². The van der Waals surface area contributed by atoms with Gasteiger partial charge in [-0.3, -0.25) is 14.9 Å². The highest BCUT2D eigenvalue weighted by atomic mass is 16.2. The van der Waals surface area contributed by atoms with E-state index in [1.165, 1.54) is 0 Å². The van der Waals surface area contributed by atoms with Crippen molar-refractivity contribution in [3.63, 3.8) is 0 Å². The highest BCUT2D eigenvalue weighted by Crippen LogP contribution is 2.30. The van der Waals surface area contributed by atoms with Crippen LogP contribution >= 0.6 is 0 Å². The molecule has 3 rings (SSSR count). The van der Waals surface area contributed by atoms with Gasteiger partial charge in [-0.2, -0.15) is 0 Å². The molecule has 0 aromatic heterocycles. The van der Waals surface area contributed by atoms with E-state index in [-0.39, 0.29) is 11.8 Å². The summed E-state index contributed by atoms with van der Waals surface area (Å²) in [5.74, 6) is -0.534. The van der Waals surface area contributed by atoms with Crippen LogP contribution in [-0.2, 0) is 6.42 Å². The van der Waals surface area contributed by atoms with E-state index < -0.39 is 0 Å². The van der Waals surface area contributed by atoms with Gasteiger partial charge in [0.15, 0.2) is 0 Å². The molecule has 0 radical (unpaired) electrons. The first kappa shape index (κ1) is 11.0. The number of rotatable bonds is 2. The number of carbonyl (C=O) groups excluding carboxylic acids is 2. The van der Waals surface area contributed by atoms with Crippen LogP contribution in [0.1, 0.15) is 39.6 Å². The number of hydrogen-bond acceptors (Lipinski definition) is 2. The third-order valence-corrected chi connectivity index (χ3v) is 3.33. The number of hydrogen-bond donors (Lipinski definition) is 1. The number of benzene rings is 2. The van der Waals surface area contributed by atoms with Gasteiger partial charge in [0.2, 0.25) is 0 Å². The smallest absolute Gasteiger partial charge is 0.259 e. The Hall–Kier alpha value is -2.16. The van der Waals surface area contributed by atoms with Crippen LogP contribution in [0.2, 0.25) is 0 Å². The molecule has 1 aliphatic rings. The van der Waals surface area contributed by atoms with Crippen molar-refractivity contribution in [1.29, 1.82) is 0 Å². The molecule has 0 fully saturated rings. The van der Waals surface area contributed by atoms with E-state index >= 15 is 0 Å². The Morgan fingerprint density at radius 2 is 1.78 bits per heavy atom. The molecular formula is C15H13NO2. The third-order valence-electron chi connectivity index (χ3n) is 3.33. The van der Waals surface area contributed by atoms with Crippen molar-refractivity contribution < 1.29 is 9.59 Å². The topological polar surface area (TPSA) is 46.2 Å². The van der Waals surface area contributed by atoms with Gasteiger partial charge in [0.05, 0.1) is 11.1 Å². The van der Waals surface area contributed by atoms with Crippen molar-refractivity contribution >= 4 is 22.6 Å². The summed E-state index contributed by atoms with van der Waals surface area (Å²) in [5.41, 5.74) is 2.08. The van der Waals surface area contributed by atoms with E-state index in [1.807, 2.05) is 30.3 Å². The van der Waals surface area contributed by atoms with Crippen LogP contribution in [0.15, 0.2) is 30.3 Å². The van der Waals surface area contributed by atoms with Crippen LogP contribution in [0.25, 0.3) is 10.8 Å². The summed E-state index contributed by atoms with van der Waals surface area (Å²) in [5, 5.41) is 4.27. The lowest BCUT2D eigenvalue weighted by molar-refractivity contribution is 0.0880. The number of imide groups is 1. The van der Waals surface area contributed by atoms with Gasteiger partial charge in [0, 0.05) is 0 Å². The average Bonchev–Trinajstić information content (AvgIpc) is 2.66. The molecule has 0 aliphatic carbocycles. The largest absolute Gasteiger partial charge is 0.288 e. The molecule has 18 heavy (non-hydrogen) atoms. The first-order valence-corrected chi connectivity index (χ1v) is 6.12. The van der Waals surface area contributed by atoms with Gasteiger partial charge in [-0.1, -0.05) is 43.7 Å². The first-order valence-electron chi connectivity index (χ1n) is 6.12. The van der Waals surface area contributed by atoms with Crippen molar-refractivity contribution in [2.75, 3.05) is 0 Å². The summed E-state index contributed by atoms with van der Waals surface area (Å²) < 4.78 is 0. The standard InChI is InChI=1S/C15H13NO2/c1-2-5-10-8-9-6-3-4-7-11(9)13-12(10)14(17)16-15(13)18/h3-4,6-8H,2,5H2,1H3,(H,16,17,18).